The second-order valence-electron chi connectivity index (χ2n) is 7.23. The van der Waals surface area contributed by atoms with Crippen LogP contribution in [0.1, 0.15) is 59.8 Å². The van der Waals surface area contributed by atoms with Gasteiger partial charge in [0.2, 0.25) is 0 Å². The molecule has 17 heavy (non-hydrogen) atoms. The molecule has 4 atom stereocenters. The van der Waals surface area contributed by atoms with Gasteiger partial charge in [0.05, 0.1) is 0 Å². The van der Waals surface area contributed by atoms with Gasteiger partial charge >= 0.3 is 0 Å². The molecular weight excluding hydrogens is 208 g/mol. The van der Waals surface area contributed by atoms with Gasteiger partial charge in [-0.25, -0.2) is 0 Å². The van der Waals surface area contributed by atoms with Crippen LogP contribution in [0.4, 0.5) is 0 Å². The molecule has 0 aromatic rings. The normalized spacial score (nSPS) is 42.9. The van der Waals surface area contributed by atoms with Crippen LogP contribution in [0, 0.1) is 11.3 Å². The molecule has 2 heteroatoms. The van der Waals surface area contributed by atoms with Crippen LogP contribution < -0.4 is 5.73 Å². The van der Waals surface area contributed by atoms with E-state index in [1.807, 2.05) is 0 Å². The Labute approximate surface area is 107 Å². The maximum Gasteiger partial charge on any atom is 0.0224 e. The van der Waals surface area contributed by atoms with E-state index in [4.69, 9.17) is 5.73 Å². The summed E-state index contributed by atoms with van der Waals surface area (Å²) < 4.78 is 0. The third-order valence-corrected chi connectivity index (χ3v) is 5.04. The number of hydrogen-bond acceptors (Lipinski definition) is 2. The van der Waals surface area contributed by atoms with Crippen LogP contribution in [0.25, 0.3) is 0 Å². The van der Waals surface area contributed by atoms with E-state index >= 15 is 0 Å². The summed E-state index contributed by atoms with van der Waals surface area (Å²) in [4.78, 5) is 2.78. The molecule has 0 bridgehead atoms. The summed E-state index contributed by atoms with van der Waals surface area (Å²) in [7, 11) is 0. The highest BCUT2D eigenvalue weighted by Crippen LogP contribution is 2.45. The minimum absolute atomic E-state index is 0.528. The summed E-state index contributed by atoms with van der Waals surface area (Å²) in [6.07, 6.45) is 6.77. The van der Waals surface area contributed by atoms with Gasteiger partial charge in [0.15, 0.2) is 0 Å². The highest BCUT2D eigenvalue weighted by Gasteiger charge is 2.43. The van der Waals surface area contributed by atoms with Crippen molar-refractivity contribution < 1.29 is 0 Å². The minimum Gasteiger partial charge on any atom is -0.329 e. The molecule has 0 radical (unpaired) electrons. The van der Waals surface area contributed by atoms with Gasteiger partial charge in [0.1, 0.15) is 0 Å². The van der Waals surface area contributed by atoms with Gasteiger partial charge in [0.25, 0.3) is 0 Å². The molecule has 0 amide bonds. The molecule has 0 spiro atoms. The molecule has 100 valence electrons. The quantitative estimate of drug-likeness (QED) is 0.801. The van der Waals surface area contributed by atoms with Crippen molar-refractivity contribution in [2.24, 2.45) is 17.1 Å². The van der Waals surface area contributed by atoms with Crippen molar-refractivity contribution in [1.82, 2.24) is 4.90 Å². The Balaban J connectivity index is 2.13. The maximum absolute atomic E-state index is 5.99. The SMILES string of the molecule is CC1CC(C)(C)CC1N1C(C)CCCC1CN. The first-order chi connectivity index (χ1) is 7.94. The fourth-order valence-corrected chi connectivity index (χ4v) is 4.40. The standard InChI is InChI=1S/C15H30N2/c1-11-8-15(3,4)9-14(11)17-12(2)6-5-7-13(17)10-16/h11-14H,5-10,16H2,1-4H3. The molecule has 2 N–H and O–H groups in total. The maximum atomic E-state index is 5.99. The summed E-state index contributed by atoms with van der Waals surface area (Å²) in [5.41, 5.74) is 6.52. The predicted octanol–water partition coefficient (Wildman–Crippen LogP) is 3.01. The van der Waals surface area contributed by atoms with Crippen LogP contribution in [-0.4, -0.2) is 29.6 Å². The number of likely N-dealkylation sites (tertiary alicyclic amines) is 1. The zero-order chi connectivity index (χ0) is 12.6. The Morgan fingerprint density at radius 3 is 2.41 bits per heavy atom. The average Bonchev–Trinajstić information content (AvgIpc) is 2.51. The van der Waals surface area contributed by atoms with E-state index in [9.17, 15) is 0 Å². The lowest BCUT2D eigenvalue weighted by atomic mass is 9.89. The monoisotopic (exact) mass is 238 g/mol. The van der Waals surface area contributed by atoms with E-state index in [1.54, 1.807) is 0 Å². The average molecular weight is 238 g/mol. The van der Waals surface area contributed by atoms with E-state index in [1.165, 1.54) is 32.1 Å². The first kappa shape index (κ1) is 13.4. The fraction of sp³-hybridized carbons (Fsp3) is 1.00. The van der Waals surface area contributed by atoms with Crippen molar-refractivity contribution >= 4 is 0 Å². The zero-order valence-electron chi connectivity index (χ0n) is 12.1. The van der Waals surface area contributed by atoms with Crippen molar-refractivity contribution in [2.45, 2.75) is 77.9 Å². The highest BCUT2D eigenvalue weighted by atomic mass is 15.2. The molecule has 2 aliphatic rings. The third-order valence-electron chi connectivity index (χ3n) is 5.04. The topological polar surface area (TPSA) is 29.3 Å². The van der Waals surface area contributed by atoms with Crippen molar-refractivity contribution in [3.63, 3.8) is 0 Å². The van der Waals surface area contributed by atoms with Crippen molar-refractivity contribution in [3.05, 3.63) is 0 Å². The Morgan fingerprint density at radius 2 is 1.88 bits per heavy atom. The van der Waals surface area contributed by atoms with Gasteiger partial charge in [-0.15, -0.1) is 0 Å². The van der Waals surface area contributed by atoms with Gasteiger partial charge in [-0.3, -0.25) is 4.90 Å². The number of piperidine rings is 1. The number of nitrogens with zero attached hydrogens (tertiary/aromatic N) is 1. The molecule has 1 saturated carbocycles. The predicted molar refractivity (Wildman–Crippen MR) is 74.0 cm³/mol. The summed E-state index contributed by atoms with van der Waals surface area (Å²) >= 11 is 0. The van der Waals surface area contributed by atoms with E-state index in [0.717, 1.165) is 24.5 Å². The zero-order valence-corrected chi connectivity index (χ0v) is 12.1. The lowest BCUT2D eigenvalue weighted by Crippen LogP contribution is -2.54. The van der Waals surface area contributed by atoms with E-state index < -0.39 is 0 Å². The first-order valence-electron chi connectivity index (χ1n) is 7.42. The van der Waals surface area contributed by atoms with Crippen LogP contribution in [0.5, 0.6) is 0 Å². The highest BCUT2D eigenvalue weighted by molar-refractivity contribution is 4.97. The summed E-state index contributed by atoms with van der Waals surface area (Å²) in [6.45, 7) is 10.5. The van der Waals surface area contributed by atoms with Crippen LogP contribution in [0.15, 0.2) is 0 Å². The molecule has 2 fully saturated rings. The molecular formula is C15H30N2. The minimum atomic E-state index is 0.528. The van der Waals surface area contributed by atoms with E-state index in [-0.39, 0.29) is 0 Å². The number of hydrogen-bond donors (Lipinski definition) is 1. The molecule has 2 nitrogen and oxygen atoms in total. The van der Waals surface area contributed by atoms with Crippen molar-refractivity contribution in [3.8, 4) is 0 Å². The van der Waals surface area contributed by atoms with Gasteiger partial charge in [-0.2, -0.15) is 0 Å². The van der Waals surface area contributed by atoms with Crippen molar-refractivity contribution in [2.75, 3.05) is 6.54 Å². The molecule has 0 aromatic carbocycles. The van der Waals surface area contributed by atoms with Gasteiger partial charge in [0, 0.05) is 24.7 Å². The van der Waals surface area contributed by atoms with Crippen LogP contribution >= 0.6 is 0 Å². The lowest BCUT2D eigenvalue weighted by Gasteiger charge is -2.46. The molecule has 0 aromatic heterocycles. The second kappa shape index (κ2) is 4.89. The third kappa shape index (κ3) is 2.68. The fourth-order valence-electron chi connectivity index (χ4n) is 4.40. The largest absolute Gasteiger partial charge is 0.329 e. The second-order valence-corrected chi connectivity index (χ2v) is 7.23. The van der Waals surface area contributed by atoms with Crippen LogP contribution in [0.3, 0.4) is 0 Å². The molecule has 2 rings (SSSR count). The number of nitrogens with two attached hydrogens (primary N) is 1. The van der Waals surface area contributed by atoms with E-state index in [0.29, 0.717) is 11.5 Å². The Bertz CT molecular complexity index is 262. The van der Waals surface area contributed by atoms with Crippen LogP contribution in [0.2, 0.25) is 0 Å². The smallest absolute Gasteiger partial charge is 0.0224 e. The summed E-state index contributed by atoms with van der Waals surface area (Å²) in [6, 6.07) is 2.15. The molecule has 1 aliphatic heterocycles. The van der Waals surface area contributed by atoms with Gasteiger partial charge < -0.3 is 5.73 Å². The molecule has 4 unspecified atom stereocenters. The van der Waals surface area contributed by atoms with Crippen LogP contribution in [-0.2, 0) is 0 Å². The first-order valence-corrected chi connectivity index (χ1v) is 7.42. The Hall–Kier alpha value is -0.0800. The van der Waals surface area contributed by atoms with E-state index in [2.05, 4.69) is 32.6 Å². The number of rotatable bonds is 2. The lowest BCUT2D eigenvalue weighted by molar-refractivity contribution is 0.0335. The Kier molecular flexibility index (Phi) is 3.84. The molecule has 1 aliphatic carbocycles. The van der Waals surface area contributed by atoms with Gasteiger partial charge in [-0.1, -0.05) is 27.2 Å². The molecule has 1 heterocycles. The molecule has 1 saturated heterocycles. The summed E-state index contributed by atoms with van der Waals surface area (Å²) in [5.74, 6) is 0.833. The Morgan fingerprint density at radius 1 is 1.18 bits per heavy atom. The summed E-state index contributed by atoms with van der Waals surface area (Å²) in [5, 5.41) is 0. The van der Waals surface area contributed by atoms with Gasteiger partial charge in [-0.05, 0) is 43.9 Å². The van der Waals surface area contributed by atoms with Crippen molar-refractivity contribution in [1.29, 1.82) is 0 Å².